The molecule has 0 saturated heterocycles. The fourth-order valence-corrected chi connectivity index (χ4v) is 3.60. The molecule has 0 radical (unpaired) electrons. The van der Waals surface area contributed by atoms with Crippen molar-refractivity contribution >= 4 is 6.16 Å². The molecule has 1 fully saturated rings. The first kappa shape index (κ1) is 19.0. The van der Waals surface area contributed by atoms with Crippen molar-refractivity contribution in [3.05, 3.63) is 24.0 Å². The van der Waals surface area contributed by atoms with Crippen LogP contribution in [-0.4, -0.2) is 24.5 Å². The minimum Gasteiger partial charge on any atom is -0.430 e. The number of carbonyl (C=O) groups excluding carboxylic acids is 1. The molecule has 4 nitrogen and oxygen atoms in total. The number of allylic oxidation sites excluding steroid dienone is 1. The molecule has 1 saturated carbocycles. The van der Waals surface area contributed by atoms with Crippen LogP contribution in [0.4, 0.5) is 4.79 Å². The van der Waals surface area contributed by atoms with E-state index in [-0.39, 0.29) is 18.3 Å². The topological polar surface area (TPSA) is 44.8 Å². The largest absolute Gasteiger partial charge is 0.514 e. The Bertz CT molecular complexity index is 478. The highest BCUT2D eigenvalue weighted by molar-refractivity contribution is 5.62. The third kappa shape index (κ3) is 5.66. The summed E-state index contributed by atoms with van der Waals surface area (Å²) in [6, 6.07) is 0. The van der Waals surface area contributed by atoms with Gasteiger partial charge in [0.05, 0.1) is 12.2 Å². The monoisotopic (exact) mass is 336 g/mol. The molecule has 136 valence electrons. The summed E-state index contributed by atoms with van der Waals surface area (Å²) in [5, 5.41) is 0. The van der Waals surface area contributed by atoms with Crippen molar-refractivity contribution in [2.45, 2.75) is 78.6 Å². The van der Waals surface area contributed by atoms with Crippen LogP contribution < -0.4 is 0 Å². The van der Waals surface area contributed by atoms with E-state index in [1.165, 1.54) is 6.42 Å². The molecule has 4 heteroatoms. The standard InChI is InChI=1S/C20H32O4/c1-13(2)18-11-6-15(5)12-19(18)24-20(21)23-17-9-7-16(8-10-17)22-14(3)4/h7,9-10,13-16,18-19H,6,8,11-12H2,1-5H3. The van der Waals surface area contributed by atoms with Crippen LogP contribution in [0.15, 0.2) is 24.0 Å². The second kappa shape index (κ2) is 8.70. The van der Waals surface area contributed by atoms with Gasteiger partial charge in [-0.1, -0.05) is 33.3 Å². The third-order valence-electron chi connectivity index (χ3n) is 4.88. The molecule has 0 aromatic rings. The molecule has 2 aliphatic rings. The summed E-state index contributed by atoms with van der Waals surface area (Å²) in [7, 11) is 0. The number of carbonyl (C=O) groups is 1. The van der Waals surface area contributed by atoms with Crippen molar-refractivity contribution in [2.75, 3.05) is 0 Å². The van der Waals surface area contributed by atoms with Crippen LogP contribution in [0.1, 0.15) is 60.3 Å². The maximum atomic E-state index is 12.2. The summed E-state index contributed by atoms with van der Waals surface area (Å²) < 4.78 is 16.7. The predicted octanol–water partition coefficient (Wildman–Crippen LogP) is 5.24. The fraction of sp³-hybridized carbons (Fsp3) is 0.750. The van der Waals surface area contributed by atoms with E-state index >= 15 is 0 Å². The molecule has 0 spiro atoms. The molecule has 4 unspecified atom stereocenters. The van der Waals surface area contributed by atoms with Crippen molar-refractivity contribution < 1.29 is 19.0 Å². The molecular weight excluding hydrogens is 304 g/mol. The van der Waals surface area contributed by atoms with Crippen LogP contribution in [0.3, 0.4) is 0 Å². The van der Waals surface area contributed by atoms with Crippen LogP contribution in [0.5, 0.6) is 0 Å². The van der Waals surface area contributed by atoms with E-state index in [0.29, 0.717) is 29.9 Å². The number of rotatable bonds is 5. The smallest absolute Gasteiger partial charge is 0.430 e. The van der Waals surface area contributed by atoms with E-state index in [1.807, 2.05) is 26.0 Å². The number of hydrogen-bond donors (Lipinski definition) is 0. The van der Waals surface area contributed by atoms with Crippen LogP contribution in [0, 0.1) is 17.8 Å². The highest BCUT2D eigenvalue weighted by atomic mass is 16.7. The molecule has 2 aliphatic carbocycles. The summed E-state index contributed by atoms with van der Waals surface area (Å²) >= 11 is 0. The summed E-state index contributed by atoms with van der Waals surface area (Å²) in [6.07, 6.45) is 9.20. The van der Waals surface area contributed by atoms with Gasteiger partial charge in [0.1, 0.15) is 11.9 Å². The average Bonchev–Trinajstić information content (AvgIpc) is 2.48. The Morgan fingerprint density at radius 3 is 2.54 bits per heavy atom. The van der Waals surface area contributed by atoms with E-state index in [1.54, 1.807) is 6.08 Å². The lowest BCUT2D eigenvalue weighted by molar-refractivity contribution is -0.0225. The first-order valence-corrected chi connectivity index (χ1v) is 9.27. The Morgan fingerprint density at radius 1 is 1.21 bits per heavy atom. The average molecular weight is 336 g/mol. The molecule has 0 aliphatic heterocycles. The zero-order valence-electron chi connectivity index (χ0n) is 15.7. The highest BCUT2D eigenvalue weighted by Gasteiger charge is 2.34. The first-order valence-electron chi connectivity index (χ1n) is 9.27. The van der Waals surface area contributed by atoms with E-state index in [9.17, 15) is 4.79 Å². The summed E-state index contributed by atoms with van der Waals surface area (Å²) in [5.41, 5.74) is 0. The molecule has 0 amide bonds. The molecule has 0 heterocycles. The van der Waals surface area contributed by atoms with Crippen LogP contribution in [0.25, 0.3) is 0 Å². The Balaban J connectivity index is 1.84. The molecule has 0 aromatic carbocycles. The maximum Gasteiger partial charge on any atom is 0.514 e. The lowest BCUT2D eigenvalue weighted by atomic mass is 9.75. The van der Waals surface area contributed by atoms with E-state index < -0.39 is 6.16 Å². The van der Waals surface area contributed by atoms with Gasteiger partial charge in [0.2, 0.25) is 0 Å². The molecule has 0 N–H and O–H groups in total. The minimum absolute atomic E-state index is 0.0357. The van der Waals surface area contributed by atoms with E-state index in [0.717, 1.165) is 12.8 Å². The van der Waals surface area contributed by atoms with Gasteiger partial charge in [-0.25, -0.2) is 4.79 Å². The second-order valence-electron chi connectivity index (χ2n) is 7.76. The van der Waals surface area contributed by atoms with Gasteiger partial charge in [0, 0.05) is 0 Å². The third-order valence-corrected chi connectivity index (χ3v) is 4.88. The lowest BCUT2D eigenvalue weighted by Gasteiger charge is -2.36. The van der Waals surface area contributed by atoms with Crippen molar-refractivity contribution in [2.24, 2.45) is 17.8 Å². The van der Waals surface area contributed by atoms with Gasteiger partial charge in [-0.3, -0.25) is 0 Å². The second-order valence-corrected chi connectivity index (χ2v) is 7.76. The predicted molar refractivity (Wildman–Crippen MR) is 94.5 cm³/mol. The number of hydrogen-bond acceptors (Lipinski definition) is 4. The normalized spacial score (nSPS) is 30.4. The molecule has 2 rings (SSSR count). The fourth-order valence-electron chi connectivity index (χ4n) is 3.60. The van der Waals surface area contributed by atoms with Crippen molar-refractivity contribution in [1.29, 1.82) is 0 Å². The maximum absolute atomic E-state index is 12.2. The quantitative estimate of drug-likeness (QED) is 0.644. The summed E-state index contributed by atoms with van der Waals surface area (Å²) in [5.74, 6) is 2.08. The molecular formula is C20H32O4. The van der Waals surface area contributed by atoms with Crippen molar-refractivity contribution in [3.63, 3.8) is 0 Å². The van der Waals surface area contributed by atoms with E-state index in [4.69, 9.17) is 14.2 Å². The van der Waals surface area contributed by atoms with Crippen molar-refractivity contribution in [1.82, 2.24) is 0 Å². The molecule has 4 atom stereocenters. The molecule has 24 heavy (non-hydrogen) atoms. The summed E-state index contributed by atoms with van der Waals surface area (Å²) in [4.78, 5) is 12.2. The Kier molecular flexibility index (Phi) is 6.90. The zero-order chi connectivity index (χ0) is 17.7. The van der Waals surface area contributed by atoms with Crippen LogP contribution in [-0.2, 0) is 14.2 Å². The van der Waals surface area contributed by atoms with Gasteiger partial charge in [-0.15, -0.1) is 0 Å². The van der Waals surface area contributed by atoms with Gasteiger partial charge in [-0.2, -0.15) is 0 Å². The SMILES string of the molecule is CC1CCC(C(C)C)C(OC(=O)OC2=CCC(OC(C)C)C=C2)C1. The first-order chi connectivity index (χ1) is 11.3. The zero-order valence-corrected chi connectivity index (χ0v) is 15.7. The Hall–Kier alpha value is -1.29. The Labute approximate surface area is 146 Å². The lowest BCUT2D eigenvalue weighted by Crippen LogP contribution is -2.36. The highest BCUT2D eigenvalue weighted by Crippen LogP contribution is 2.35. The molecule has 0 aromatic heterocycles. The Morgan fingerprint density at radius 2 is 1.96 bits per heavy atom. The van der Waals surface area contributed by atoms with Gasteiger partial charge < -0.3 is 14.2 Å². The van der Waals surface area contributed by atoms with Crippen LogP contribution in [0.2, 0.25) is 0 Å². The van der Waals surface area contributed by atoms with Crippen molar-refractivity contribution in [3.8, 4) is 0 Å². The van der Waals surface area contributed by atoms with Gasteiger partial charge in [-0.05, 0) is 63.0 Å². The van der Waals surface area contributed by atoms with Gasteiger partial charge >= 0.3 is 6.16 Å². The van der Waals surface area contributed by atoms with Gasteiger partial charge in [0.25, 0.3) is 0 Å². The van der Waals surface area contributed by atoms with Crippen LogP contribution >= 0.6 is 0 Å². The molecule has 0 bridgehead atoms. The minimum atomic E-state index is -0.584. The summed E-state index contributed by atoms with van der Waals surface area (Å²) in [6.45, 7) is 10.6. The van der Waals surface area contributed by atoms with Gasteiger partial charge in [0.15, 0.2) is 0 Å². The van der Waals surface area contributed by atoms with E-state index in [2.05, 4.69) is 20.8 Å². The number of ether oxygens (including phenoxy) is 3.